The molecule has 0 bridgehead atoms. The lowest BCUT2D eigenvalue weighted by Gasteiger charge is -2.43. The van der Waals surface area contributed by atoms with E-state index in [1.54, 1.807) is 24.7 Å². The van der Waals surface area contributed by atoms with E-state index in [9.17, 15) is 5.11 Å². The predicted octanol–water partition coefficient (Wildman–Crippen LogP) is 1.79. The van der Waals surface area contributed by atoms with Crippen LogP contribution in [0.3, 0.4) is 0 Å². The number of hydrogen-bond donors (Lipinski definition) is 3. The van der Waals surface area contributed by atoms with Gasteiger partial charge in [-0.2, -0.15) is 0 Å². The van der Waals surface area contributed by atoms with Crippen LogP contribution >= 0.6 is 23.4 Å². The normalized spacial score (nSPS) is 23.7. The van der Waals surface area contributed by atoms with Crippen LogP contribution in [-0.4, -0.2) is 45.8 Å². The van der Waals surface area contributed by atoms with Crippen LogP contribution in [0.25, 0.3) is 0 Å². The lowest BCUT2D eigenvalue weighted by atomic mass is 9.78. The van der Waals surface area contributed by atoms with Crippen LogP contribution in [0.2, 0.25) is 5.02 Å². The summed E-state index contributed by atoms with van der Waals surface area (Å²) in [6, 6.07) is 1.79. The molecule has 2 aromatic rings. The first-order valence-electron chi connectivity index (χ1n) is 7.96. The fourth-order valence-corrected chi connectivity index (χ4v) is 3.67. The molecule has 1 aliphatic rings. The topological polar surface area (TPSA) is 114 Å². The largest absolute Gasteiger partial charge is 0.391 e. The van der Waals surface area contributed by atoms with Crippen molar-refractivity contribution in [3.8, 4) is 0 Å². The molecule has 0 aromatic carbocycles. The zero-order valence-electron chi connectivity index (χ0n) is 13.9. The molecule has 5 N–H and O–H groups in total. The van der Waals surface area contributed by atoms with Crippen LogP contribution in [0.5, 0.6) is 0 Å². The van der Waals surface area contributed by atoms with Crippen LogP contribution in [0.15, 0.2) is 34.6 Å². The number of rotatable bonds is 4. The summed E-state index contributed by atoms with van der Waals surface area (Å²) >= 11 is 7.53. The first-order valence-corrected chi connectivity index (χ1v) is 9.15. The predicted molar refractivity (Wildman–Crippen MR) is 99.8 cm³/mol. The number of nitrogens with zero attached hydrogens (tertiary/aromatic N) is 4. The van der Waals surface area contributed by atoms with Gasteiger partial charge in [0.25, 0.3) is 0 Å². The Bertz CT molecular complexity index is 746. The van der Waals surface area contributed by atoms with Crippen LogP contribution in [-0.2, 0) is 0 Å². The Morgan fingerprint density at radius 1 is 1.40 bits per heavy atom. The number of aliphatic hydroxyl groups excluding tert-OH is 1. The SMILES string of the molecule is C[C@@]1(CN)CCN(c2cnc(Sc3ccnc(N)c3Cl)cn2)C[C@H]1O. The van der Waals surface area contributed by atoms with E-state index in [4.69, 9.17) is 23.1 Å². The van der Waals surface area contributed by atoms with Gasteiger partial charge in [-0.3, -0.25) is 0 Å². The van der Waals surface area contributed by atoms with Crippen LogP contribution < -0.4 is 16.4 Å². The summed E-state index contributed by atoms with van der Waals surface area (Å²) in [5.41, 5.74) is 11.3. The van der Waals surface area contributed by atoms with Gasteiger partial charge < -0.3 is 21.5 Å². The third-order valence-corrected chi connectivity index (χ3v) is 6.14. The Morgan fingerprint density at radius 3 is 2.84 bits per heavy atom. The van der Waals surface area contributed by atoms with Crippen LogP contribution in [0, 0.1) is 5.41 Å². The fourth-order valence-electron chi connectivity index (χ4n) is 2.68. The molecule has 3 rings (SSSR count). The van der Waals surface area contributed by atoms with E-state index in [0.717, 1.165) is 23.7 Å². The Labute approximate surface area is 155 Å². The number of aromatic nitrogens is 3. The number of anilines is 2. The standard InChI is InChI=1S/C16H21ClN6OS/c1-16(9-18)3-5-23(8-11(16)24)12-6-22-13(7-21-12)25-10-2-4-20-15(19)14(10)17/h2,4,6-7,11,24H,3,5,8-9,18H2,1H3,(H2,19,20)/t11-,16+/m1/s1. The third-order valence-electron chi connectivity index (χ3n) is 4.65. The minimum Gasteiger partial charge on any atom is -0.391 e. The van der Waals surface area contributed by atoms with E-state index < -0.39 is 6.10 Å². The zero-order chi connectivity index (χ0) is 18.0. The van der Waals surface area contributed by atoms with Crippen LogP contribution in [0.1, 0.15) is 13.3 Å². The summed E-state index contributed by atoms with van der Waals surface area (Å²) in [5, 5.41) is 11.5. The molecule has 1 saturated heterocycles. The molecule has 7 nitrogen and oxygen atoms in total. The molecule has 0 unspecified atom stereocenters. The molecule has 1 aliphatic heterocycles. The molecule has 0 saturated carbocycles. The molecule has 2 aromatic heterocycles. The highest BCUT2D eigenvalue weighted by atomic mass is 35.5. The maximum absolute atomic E-state index is 10.4. The van der Waals surface area contributed by atoms with Gasteiger partial charge in [-0.1, -0.05) is 30.3 Å². The minimum atomic E-state index is -0.485. The zero-order valence-corrected chi connectivity index (χ0v) is 15.5. The molecule has 25 heavy (non-hydrogen) atoms. The van der Waals surface area contributed by atoms with Crippen molar-refractivity contribution in [2.75, 3.05) is 30.3 Å². The van der Waals surface area contributed by atoms with Gasteiger partial charge in [-0.25, -0.2) is 15.0 Å². The van der Waals surface area contributed by atoms with Crippen molar-refractivity contribution in [2.24, 2.45) is 11.1 Å². The Morgan fingerprint density at radius 2 is 2.20 bits per heavy atom. The smallest absolute Gasteiger partial charge is 0.147 e. The third kappa shape index (κ3) is 3.82. The van der Waals surface area contributed by atoms with E-state index in [1.165, 1.54) is 11.8 Å². The number of pyridine rings is 1. The molecule has 134 valence electrons. The van der Waals surface area contributed by atoms with Crippen LogP contribution in [0.4, 0.5) is 11.6 Å². The highest BCUT2D eigenvalue weighted by Gasteiger charge is 2.37. The fraction of sp³-hybridized carbons (Fsp3) is 0.438. The van der Waals surface area contributed by atoms with Crippen molar-refractivity contribution in [3.63, 3.8) is 0 Å². The van der Waals surface area contributed by atoms with Gasteiger partial charge in [0.1, 0.15) is 16.7 Å². The highest BCUT2D eigenvalue weighted by molar-refractivity contribution is 7.99. The van der Waals surface area contributed by atoms with E-state index in [0.29, 0.717) is 29.0 Å². The molecule has 0 spiro atoms. The number of nitrogens with two attached hydrogens (primary N) is 2. The summed E-state index contributed by atoms with van der Waals surface area (Å²) < 4.78 is 0. The molecule has 0 radical (unpaired) electrons. The maximum Gasteiger partial charge on any atom is 0.147 e. The molecule has 2 atom stereocenters. The van der Waals surface area contributed by atoms with Crippen molar-refractivity contribution < 1.29 is 5.11 Å². The maximum atomic E-state index is 10.4. The van der Waals surface area contributed by atoms with Crippen molar-refractivity contribution in [1.82, 2.24) is 15.0 Å². The summed E-state index contributed by atoms with van der Waals surface area (Å²) in [4.78, 5) is 15.7. The lowest BCUT2D eigenvalue weighted by molar-refractivity contribution is 0.0278. The molecule has 1 fully saturated rings. The van der Waals surface area contributed by atoms with Gasteiger partial charge in [-0.15, -0.1) is 0 Å². The van der Waals surface area contributed by atoms with Gasteiger partial charge in [0.15, 0.2) is 0 Å². The first-order chi connectivity index (χ1) is 11.9. The summed E-state index contributed by atoms with van der Waals surface area (Å²) in [6.45, 7) is 3.78. The number of piperidine rings is 1. The molecule has 0 amide bonds. The number of β-amino-alcohol motifs (C(OH)–C–C–N with tert-alkyl or cyclic N) is 1. The first kappa shape index (κ1) is 18.2. The Kier molecular flexibility index (Phi) is 5.33. The van der Waals surface area contributed by atoms with Crippen molar-refractivity contribution in [3.05, 3.63) is 29.7 Å². The highest BCUT2D eigenvalue weighted by Crippen LogP contribution is 2.35. The monoisotopic (exact) mass is 380 g/mol. The van der Waals surface area contributed by atoms with Gasteiger partial charge in [-0.05, 0) is 12.5 Å². The van der Waals surface area contributed by atoms with Crippen molar-refractivity contribution in [1.29, 1.82) is 0 Å². The minimum absolute atomic E-state index is 0.238. The van der Waals surface area contributed by atoms with E-state index >= 15 is 0 Å². The second-order valence-corrected chi connectivity index (χ2v) is 7.83. The van der Waals surface area contributed by atoms with E-state index in [-0.39, 0.29) is 5.41 Å². The second kappa shape index (κ2) is 7.33. The molecule has 9 heteroatoms. The lowest BCUT2D eigenvalue weighted by Crippen LogP contribution is -2.53. The Balaban J connectivity index is 1.70. The summed E-state index contributed by atoms with van der Waals surface area (Å²) in [6.07, 6.45) is 5.33. The number of halogens is 1. The van der Waals surface area contributed by atoms with Crippen molar-refractivity contribution >= 4 is 35.0 Å². The van der Waals surface area contributed by atoms with E-state index in [1.807, 2.05) is 11.8 Å². The summed E-state index contributed by atoms with van der Waals surface area (Å²) in [7, 11) is 0. The molecular formula is C16H21ClN6OS. The number of nitrogen functional groups attached to an aromatic ring is 1. The number of hydrogen-bond acceptors (Lipinski definition) is 8. The van der Waals surface area contributed by atoms with Gasteiger partial charge in [0.05, 0.1) is 23.5 Å². The molecule has 0 aliphatic carbocycles. The average molecular weight is 381 g/mol. The second-order valence-electron chi connectivity index (χ2n) is 6.39. The molecule has 3 heterocycles. The average Bonchev–Trinajstić information content (AvgIpc) is 2.62. The van der Waals surface area contributed by atoms with Gasteiger partial charge in [0, 0.05) is 36.1 Å². The summed E-state index contributed by atoms with van der Waals surface area (Å²) in [5.74, 6) is 1.03. The van der Waals surface area contributed by atoms with Gasteiger partial charge in [0.2, 0.25) is 0 Å². The number of aliphatic hydroxyl groups is 1. The molecular weight excluding hydrogens is 360 g/mol. The van der Waals surface area contributed by atoms with Gasteiger partial charge >= 0.3 is 0 Å². The van der Waals surface area contributed by atoms with E-state index in [2.05, 4.69) is 15.0 Å². The Hall–Kier alpha value is -1.61. The quantitative estimate of drug-likeness (QED) is 0.735. The van der Waals surface area contributed by atoms with Crippen molar-refractivity contribution in [2.45, 2.75) is 29.4 Å².